The lowest BCUT2D eigenvalue weighted by Crippen LogP contribution is -2.50. The van der Waals surface area contributed by atoms with Crippen LogP contribution in [0.15, 0.2) is 12.2 Å². The van der Waals surface area contributed by atoms with E-state index >= 15 is 0 Å². The summed E-state index contributed by atoms with van der Waals surface area (Å²) in [6.07, 6.45) is 2.03. The quantitative estimate of drug-likeness (QED) is 0.723. The van der Waals surface area contributed by atoms with Crippen molar-refractivity contribution in [3.8, 4) is 0 Å². The van der Waals surface area contributed by atoms with E-state index in [4.69, 9.17) is 5.73 Å². The van der Waals surface area contributed by atoms with Gasteiger partial charge >= 0.3 is 0 Å². The minimum atomic E-state index is 0.264. The third-order valence-corrected chi connectivity index (χ3v) is 4.01. The van der Waals surface area contributed by atoms with Crippen molar-refractivity contribution in [3.05, 3.63) is 12.2 Å². The molecule has 14 heavy (non-hydrogen) atoms. The standard InChI is InChI=1S/C11H22N2S/c1-4-9(2)7-10(12)11-8-14-6-5-13(11)3/h10-11H,2,4-8,12H2,1,3H3. The van der Waals surface area contributed by atoms with E-state index in [-0.39, 0.29) is 6.04 Å². The summed E-state index contributed by atoms with van der Waals surface area (Å²) < 4.78 is 0. The highest BCUT2D eigenvalue weighted by atomic mass is 32.2. The van der Waals surface area contributed by atoms with Gasteiger partial charge in [-0.05, 0) is 19.9 Å². The number of nitrogens with two attached hydrogens (primary N) is 1. The summed E-state index contributed by atoms with van der Waals surface area (Å²) in [6, 6.07) is 0.803. The second-order valence-corrected chi connectivity index (χ2v) is 5.24. The summed E-state index contributed by atoms with van der Waals surface area (Å²) >= 11 is 2.02. The van der Waals surface area contributed by atoms with Crippen molar-refractivity contribution in [3.63, 3.8) is 0 Å². The first-order chi connectivity index (χ1) is 6.65. The molecule has 1 saturated heterocycles. The zero-order valence-electron chi connectivity index (χ0n) is 9.33. The number of thioether (sulfide) groups is 1. The van der Waals surface area contributed by atoms with Crippen molar-refractivity contribution >= 4 is 11.8 Å². The third kappa shape index (κ3) is 3.30. The molecule has 0 bridgehead atoms. The Labute approximate surface area is 91.9 Å². The Morgan fingerprint density at radius 1 is 1.71 bits per heavy atom. The number of nitrogens with zero attached hydrogens (tertiary/aromatic N) is 1. The Morgan fingerprint density at radius 2 is 2.43 bits per heavy atom. The van der Waals surface area contributed by atoms with Crippen LogP contribution < -0.4 is 5.73 Å². The summed E-state index contributed by atoms with van der Waals surface area (Å²) in [4.78, 5) is 2.39. The maximum absolute atomic E-state index is 6.20. The van der Waals surface area contributed by atoms with E-state index < -0.39 is 0 Å². The number of hydrogen-bond donors (Lipinski definition) is 1. The molecule has 0 aliphatic carbocycles. The summed E-state index contributed by atoms with van der Waals surface area (Å²) in [5.41, 5.74) is 7.48. The zero-order chi connectivity index (χ0) is 10.6. The molecule has 1 aliphatic heterocycles. The van der Waals surface area contributed by atoms with Crippen LogP contribution >= 0.6 is 11.8 Å². The van der Waals surface area contributed by atoms with Crippen LogP contribution in [0.4, 0.5) is 0 Å². The van der Waals surface area contributed by atoms with Crippen molar-refractivity contribution in [1.29, 1.82) is 0 Å². The third-order valence-electron chi connectivity index (χ3n) is 2.96. The molecule has 2 unspecified atom stereocenters. The molecular weight excluding hydrogens is 192 g/mol. The van der Waals surface area contributed by atoms with Gasteiger partial charge < -0.3 is 10.6 Å². The molecule has 1 aliphatic rings. The normalized spacial score (nSPS) is 26.1. The van der Waals surface area contributed by atoms with Crippen LogP contribution in [0.1, 0.15) is 19.8 Å². The van der Waals surface area contributed by atoms with E-state index in [1.54, 1.807) is 0 Å². The average molecular weight is 214 g/mol. The van der Waals surface area contributed by atoms with E-state index in [0.717, 1.165) is 12.8 Å². The summed E-state index contributed by atoms with van der Waals surface area (Å²) in [6.45, 7) is 7.34. The van der Waals surface area contributed by atoms with Crippen LogP contribution in [0.3, 0.4) is 0 Å². The molecule has 1 rings (SSSR count). The lowest BCUT2D eigenvalue weighted by molar-refractivity contribution is 0.235. The maximum Gasteiger partial charge on any atom is 0.0338 e. The first-order valence-electron chi connectivity index (χ1n) is 5.35. The largest absolute Gasteiger partial charge is 0.326 e. The van der Waals surface area contributed by atoms with Crippen LogP contribution in [0.25, 0.3) is 0 Å². The van der Waals surface area contributed by atoms with Crippen molar-refractivity contribution in [1.82, 2.24) is 4.90 Å². The maximum atomic E-state index is 6.20. The molecule has 0 aromatic heterocycles. The monoisotopic (exact) mass is 214 g/mol. The van der Waals surface area contributed by atoms with Gasteiger partial charge in [-0.3, -0.25) is 0 Å². The highest BCUT2D eigenvalue weighted by Crippen LogP contribution is 2.20. The predicted octanol–water partition coefficient (Wildman–Crippen LogP) is 1.72. The highest BCUT2D eigenvalue weighted by Gasteiger charge is 2.25. The molecule has 0 radical (unpaired) electrons. The minimum Gasteiger partial charge on any atom is -0.326 e. The number of likely N-dealkylation sites (N-methyl/N-ethyl adjacent to an activating group) is 1. The molecule has 0 aromatic carbocycles. The fourth-order valence-electron chi connectivity index (χ4n) is 1.77. The minimum absolute atomic E-state index is 0.264. The van der Waals surface area contributed by atoms with E-state index in [0.29, 0.717) is 6.04 Å². The van der Waals surface area contributed by atoms with Crippen LogP contribution in [0, 0.1) is 0 Å². The first-order valence-corrected chi connectivity index (χ1v) is 6.50. The van der Waals surface area contributed by atoms with Crippen molar-refractivity contribution in [2.75, 3.05) is 25.1 Å². The van der Waals surface area contributed by atoms with Crippen LogP contribution in [0.5, 0.6) is 0 Å². The molecule has 0 saturated carbocycles. The molecule has 2 atom stereocenters. The van der Waals surface area contributed by atoms with Gasteiger partial charge in [0.1, 0.15) is 0 Å². The van der Waals surface area contributed by atoms with E-state index in [1.807, 2.05) is 11.8 Å². The van der Waals surface area contributed by atoms with Gasteiger partial charge in [0, 0.05) is 30.1 Å². The SMILES string of the molecule is C=C(CC)CC(N)C1CSCCN1C. The molecule has 0 amide bonds. The Kier molecular flexibility index (Phi) is 4.99. The van der Waals surface area contributed by atoms with E-state index in [2.05, 4.69) is 25.5 Å². The molecule has 2 nitrogen and oxygen atoms in total. The fraction of sp³-hybridized carbons (Fsp3) is 0.818. The van der Waals surface area contributed by atoms with Gasteiger partial charge in [0.15, 0.2) is 0 Å². The van der Waals surface area contributed by atoms with E-state index in [1.165, 1.54) is 23.6 Å². The lowest BCUT2D eigenvalue weighted by Gasteiger charge is -2.36. The number of rotatable bonds is 4. The Balaban J connectivity index is 2.41. The van der Waals surface area contributed by atoms with Crippen molar-refractivity contribution < 1.29 is 0 Å². The Morgan fingerprint density at radius 3 is 3.00 bits per heavy atom. The topological polar surface area (TPSA) is 29.3 Å². The van der Waals surface area contributed by atoms with Gasteiger partial charge in [0.25, 0.3) is 0 Å². The number of hydrogen-bond acceptors (Lipinski definition) is 3. The van der Waals surface area contributed by atoms with Crippen LogP contribution in [0.2, 0.25) is 0 Å². The van der Waals surface area contributed by atoms with Gasteiger partial charge in [-0.2, -0.15) is 11.8 Å². The average Bonchev–Trinajstić information content (AvgIpc) is 2.18. The highest BCUT2D eigenvalue weighted by molar-refractivity contribution is 7.99. The smallest absolute Gasteiger partial charge is 0.0338 e. The van der Waals surface area contributed by atoms with Gasteiger partial charge in [-0.1, -0.05) is 19.1 Å². The summed E-state index contributed by atoms with van der Waals surface area (Å²) in [7, 11) is 2.18. The Bertz CT molecular complexity index is 194. The van der Waals surface area contributed by atoms with Crippen molar-refractivity contribution in [2.24, 2.45) is 5.73 Å². The predicted molar refractivity (Wildman–Crippen MR) is 65.8 cm³/mol. The first kappa shape index (κ1) is 12.1. The zero-order valence-corrected chi connectivity index (χ0v) is 10.1. The molecule has 82 valence electrons. The molecule has 2 N–H and O–H groups in total. The molecule has 1 heterocycles. The van der Waals surface area contributed by atoms with Crippen LogP contribution in [-0.4, -0.2) is 42.1 Å². The summed E-state index contributed by atoms with van der Waals surface area (Å²) in [5.74, 6) is 2.42. The van der Waals surface area contributed by atoms with Crippen molar-refractivity contribution in [2.45, 2.75) is 31.8 Å². The fourth-order valence-corrected chi connectivity index (χ4v) is 3.10. The molecular formula is C11H22N2S. The Hall–Kier alpha value is 0.01000. The molecule has 1 fully saturated rings. The second kappa shape index (κ2) is 5.79. The molecule has 0 spiro atoms. The van der Waals surface area contributed by atoms with Gasteiger partial charge in [0.05, 0.1) is 0 Å². The summed E-state index contributed by atoms with van der Waals surface area (Å²) in [5, 5.41) is 0. The molecule has 3 heteroatoms. The van der Waals surface area contributed by atoms with E-state index in [9.17, 15) is 0 Å². The van der Waals surface area contributed by atoms with Gasteiger partial charge in [-0.15, -0.1) is 0 Å². The van der Waals surface area contributed by atoms with Crippen LogP contribution in [-0.2, 0) is 0 Å². The second-order valence-electron chi connectivity index (χ2n) is 4.09. The van der Waals surface area contributed by atoms with Gasteiger partial charge in [-0.25, -0.2) is 0 Å². The lowest BCUT2D eigenvalue weighted by atomic mass is 10.00. The molecule has 0 aromatic rings. The van der Waals surface area contributed by atoms with Gasteiger partial charge in [0.2, 0.25) is 0 Å².